The van der Waals surface area contributed by atoms with Crippen molar-refractivity contribution in [2.45, 2.75) is 33.6 Å². The number of methoxy groups -OCH3 is 1. The van der Waals surface area contributed by atoms with Crippen molar-refractivity contribution in [2.75, 3.05) is 19.5 Å². The van der Waals surface area contributed by atoms with Gasteiger partial charge in [-0.25, -0.2) is 9.97 Å². The minimum Gasteiger partial charge on any atom is -0.497 e. The molecule has 0 aliphatic rings. The highest BCUT2D eigenvalue weighted by Crippen LogP contribution is 2.43. The second kappa shape index (κ2) is 8.71. The molecule has 7 heteroatoms. The first kappa shape index (κ1) is 22.0. The molecule has 166 valence electrons. The summed E-state index contributed by atoms with van der Waals surface area (Å²) >= 11 is 6.43. The molecule has 0 fully saturated rings. The number of aryl methyl sites for hydroxylation is 1. The molecule has 4 rings (SSSR count). The van der Waals surface area contributed by atoms with Gasteiger partial charge in [-0.2, -0.15) is 0 Å². The van der Waals surface area contributed by atoms with Crippen molar-refractivity contribution in [1.29, 1.82) is 0 Å². The molecule has 0 aliphatic heterocycles. The molecule has 0 unspecified atom stereocenters. The van der Waals surface area contributed by atoms with Crippen molar-refractivity contribution in [1.82, 2.24) is 14.4 Å². The zero-order valence-electron chi connectivity index (χ0n) is 18.9. The summed E-state index contributed by atoms with van der Waals surface area (Å²) in [6.07, 6.45) is 3.49. The fraction of sp³-hybridized carbons (Fsp3) is 0.280. The normalized spacial score (nSPS) is 12.2. The van der Waals surface area contributed by atoms with Crippen molar-refractivity contribution >= 4 is 22.9 Å². The zero-order chi connectivity index (χ0) is 23.0. The summed E-state index contributed by atoms with van der Waals surface area (Å²) in [6.45, 7) is 8.89. The van der Waals surface area contributed by atoms with Gasteiger partial charge in [-0.15, -0.1) is 0 Å². The van der Waals surface area contributed by atoms with Crippen LogP contribution in [0.5, 0.6) is 11.5 Å². The summed E-state index contributed by atoms with van der Waals surface area (Å²) in [4.78, 5) is 8.79. The lowest BCUT2D eigenvalue weighted by Gasteiger charge is -2.23. The smallest absolute Gasteiger partial charge is 0.158 e. The zero-order valence-corrected chi connectivity index (χ0v) is 19.7. The highest BCUT2D eigenvalue weighted by Gasteiger charge is 2.25. The van der Waals surface area contributed by atoms with E-state index in [0.29, 0.717) is 23.1 Å². The molecule has 6 nitrogen and oxygen atoms in total. The van der Waals surface area contributed by atoms with E-state index in [2.05, 4.69) is 48.9 Å². The fourth-order valence-electron chi connectivity index (χ4n) is 4.13. The maximum Gasteiger partial charge on any atom is 0.158 e. The summed E-state index contributed by atoms with van der Waals surface area (Å²) in [5.74, 6) is 2.70. The van der Waals surface area contributed by atoms with E-state index in [0.717, 1.165) is 34.0 Å². The van der Waals surface area contributed by atoms with Crippen molar-refractivity contribution in [3.05, 3.63) is 70.4 Å². The molecule has 0 saturated heterocycles. The van der Waals surface area contributed by atoms with Crippen LogP contribution >= 0.6 is 11.6 Å². The Morgan fingerprint density at radius 1 is 1.19 bits per heavy atom. The van der Waals surface area contributed by atoms with Crippen LogP contribution in [0.3, 0.4) is 0 Å². The number of rotatable bonds is 6. The number of ether oxygens (including phenoxy) is 2. The summed E-state index contributed by atoms with van der Waals surface area (Å²) < 4.78 is 13.5. The average molecular weight is 451 g/mol. The number of nitrogens with zero attached hydrogens (tertiary/aromatic N) is 3. The van der Waals surface area contributed by atoms with Gasteiger partial charge in [-0.05, 0) is 49.6 Å². The molecular formula is C25H27ClN4O2. The predicted molar refractivity (Wildman–Crippen MR) is 129 cm³/mol. The van der Waals surface area contributed by atoms with E-state index >= 15 is 0 Å². The molecule has 0 radical (unpaired) electrons. The number of anilines is 1. The third-order valence-corrected chi connectivity index (χ3v) is 6.18. The van der Waals surface area contributed by atoms with Crippen molar-refractivity contribution in [3.63, 3.8) is 0 Å². The van der Waals surface area contributed by atoms with Gasteiger partial charge in [0, 0.05) is 29.4 Å². The molecule has 0 saturated carbocycles. The molecule has 0 aliphatic carbocycles. The Labute approximate surface area is 193 Å². The van der Waals surface area contributed by atoms with Crippen molar-refractivity contribution < 1.29 is 9.47 Å². The summed E-state index contributed by atoms with van der Waals surface area (Å²) in [7, 11) is 1.67. The van der Waals surface area contributed by atoms with Gasteiger partial charge < -0.3 is 15.2 Å². The lowest BCUT2D eigenvalue weighted by Crippen LogP contribution is -2.09. The van der Waals surface area contributed by atoms with Crippen LogP contribution in [-0.4, -0.2) is 28.1 Å². The van der Waals surface area contributed by atoms with Crippen molar-refractivity contribution in [3.8, 4) is 22.6 Å². The average Bonchev–Trinajstić information content (AvgIpc) is 3.14. The SMILES string of the molecule is CCOc1c([C@@H](C)c2nc(Cl)c3c(N)nccn23)cc(C)c(C)c1-c1ccc(OC)cc1. The van der Waals surface area contributed by atoms with E-state index in [1.54, 1.807) is 13.3 Å². The Kier molecular flexibility index (Phi) is 5.98. The van der Waals surface area contributed by atoms with Gasteiger partial charge in [0.05, 0.1) is 13.7 Å². The van der Waals surface area contributed by atoms with E-state index < -0.39 is 0 Å². The van der Waals surface area contributed by atoms with Gasteiger partial charge in [-0.3, -0.25) is 4.40 Å². The maximum absolute atomic E-state index is 6.43. The lowest BCUT2D eigenvalue weighted by molar-refractivity contribution is 0.336. The Morgan fingerprint density at radius 2 is 1.91 bits per heavy atom. The highest BCUT2D eigenvalue weighted by atomic mass is 35.5. The van der Waals surface area contributed by atoms with Crippen LogP contribution < -0.4 is 15.2 Å². The molecule has 2 N–H and O–H groups in total. The van der Waals surface area contributed by atoms with E-state index in [1.807, 2.05) is 29.7 Å². The number of benzene rings is 2. The molecule has 0 amide bonds. The van der Waals surface area contributed by atoms with Crippen LogP contribution in [0.2, 0.25) is 5.15 Å². The summed E-state index contributed by atoms with van der Waals surface area (Å²) in [5.41, 5.74) is 12.2. The Hall–Kier alpha value is -3.25. The molecule has 0 bridgehead atoms. The predicted octanol–water partition coefficient (Wildman–Crippen LogP) is 5.81. The van der Waals surface area contributed by atoms with Gasteiger partial charge in [0.25, 0.3) is 0 Å². The molecule has 0 spiro atoms. The first-order valence-corrected chi connectivity index (χ1v) is 10.9. The minimum atomic E-state index is -0.102. The Balaban J connectivity index is 1.95. The number of halogens is 1. The minimum absolute atomic E-state index is 0.102. The topological polar surface area (TPSA) is 74.7 Å². The number of hydrogen-bond donors (Lipinski definition) is 1. The fourth-order valence-corrected chi connectivity index (χ4v) is 4.41. The van der Waals surface area contributed by atoms with Gasteiger partial charge in [0.1, 0.15) is 22.8 Å². The first-order valence-electron chi connectivity index (χ1n) is 10.6. The van der Waals surface area contributed by atoms with Gasteiger partial charge in [0.2, 0.25) is 0 Å². The molecule has 1 atom stereocenters. The highest BCUT2D eigenvalue weighted by molar-refractivity contribution is 6.33. The van der Waals surface area contributed by atoms with Gasteiger partial charge in [0.15, 0.2) is 11.0 Å². The second-order valence-corrected chi connectivity index (χ2v) is 8.14. The molecular weight excluding hydrogens is 424 g/mol. The van der Waals surface area contributed by atoms with Crippen LogP contribution in [0.4, 0.5) is 5.82 Å². The third kappa shape index (κ3) is 3.65. The van der Waals surface area contributed by atoms with Crippen LogP contribution in [0.15, 0.2) is 42.7 Å². The molecule has 4 aromatic rings. The van der Waals surface area contributed by atoms with E-state index in [1.165, 1.54) is 11.1 Å². The van der Waals surface area contributed by atoms with Gasteiger partial charge in [-0.1, -0.05) is 36.7 Å². The molecule has 2 aromatic carbocycles. The number of fused-ring (bicyclic) bond motifs is 1. The standard InChI is InChI=1S/C25H27ClN4O2/c1-6-32-22-19(16(4)25-29-23(26)21-24(27)28-11-12-30(21)25)13-14(2)15(3)20(22)17-7-9-18(31-5)10-8-17/h7-13,16H,6H2,1-5H3,(H2,27,28)/t16-/m1/s1. The van der Waals surface area contributed by atoms with E-state index in [9.17, 15) is 0 Å². The number of nitrogens with two attached hydrogens (primary N) is 1. The molecule has 2 heterocycles. The van der Waals surface area contributed by atoms with Crippen LogP contribution in [-0.2, 0) is 0 Å². The number of nitrogen functional groups attached to an aromatic ring is 1. The summed E-state index contributed by atoms with van der Waals surface area (Å²) in [6, 6.07) is 10.2. The quantitative estimate of drug-likeness (QED) is 0.401. The molecule has 2 aromatic heterocycles. The van der Waals surface area contributed by atoms with Crippen molar-refractivity contribution in [2.24, 2.45) is 0 Å². The lowest BCUT2D eigenvalue weighted by atomic mass is 9.88. The largest absolute Gasteiger partial charge is 0.497 e. The number of imidazole rings is 1. The monoisotopic (exact) mass is 450 g/mol. The number of hydrogen-bond acceptors (Lipinski definition) is 5. The number of aromatic nitrogens is 3. The second-order valence-electron chi connectivity index (χ2n) is 7.79. The van der Waals surface area contributed by atoms with Gasteiger partial charge >= 0.3 is 0 Å². The maximum atomic E-state index is 6.43. The Bertz CT molecular complexity index is 1280. The van der Waals surface area contributed by atoms with Crippen LogP contribution in [0.25, 0.3) is 16.6 Å². The summed E-state index contributed by atoms with van der Waals surface area (Å²) in [5, 5.41) is 0.342. The first-order chi connectivity index (χ1) is 15.4. The van der Waals surface area contributed by atoms with Crippen LogP contribution in [0.1, 0.15) is 42.3 Å². The third-order valence-electron chi connectivity index (χ3n) is 5.92. The van der Waals surface area contributed by atoms with Crippen LogP contribution in [0, 0.1) is 13.8 Å². The molecule has 32 heavy (non-hydrogen) atoms. The van der Waals surface area contributed by atoms with E-state index in [4.69, 9.17) is 26.8 Å². The van der Waals surface area contributed by atoms with E-state index in [-0.39, 0.29) is 5.92 Å². The Morgan fingerprint density at radius 3 is 2.56 bits per heavy atom.